The van der Waals surface area contributed by atoms with Crippen LogP contribution >= 0.6 is 41.7 Å². The molecular formula is C31H47Cl2FN4O4P2. The summed E-state index contributed by atoms with van der Waals surface area (Å²) in [6.45, 7) is 8.50. The van der Waals surface area contributed by atoms with Crippen LogP contribution in [0, 0.1) is 5.92 Å². The van der Waals surface area contributed by atoms with Gasteiger partial charge in [-0.3, -0.25) is 14.6 Å². The van der Waals surface area contributed by atoms with Crippen molar-refractivity contribution in [2.24, 2.45) is 16.6 Å². The Labute approximate surface area is 276 Å². The van der Waals surface area contributed by atoms with Crippen LogP contribution in [0.4, 0.5) is 4.39 Å². The van der Waals surface area contributed by atoms with Gasteiger partial charge >= 0.3 is 0 Å². The molecule has 1 saturated carbocycles. The summed E-state index contributed by atoms with van der Waals surface area (Å²) in [5.41, 5.74) is 9.23. The maximum atomic E-state index is 15.3. The van der Waals surface area contributed by atoms with Crippen molar-refractivity contribution in [3.63, 3.8) is 0 Å². The van der Waals surface area contributed by atoms with Crippen molar-refractivity contribution in [3.05, 3.63) is 69.2 Å². The minimum absolute atomic E-state index is 0.250. The van der Waals surface area contributed by atoms with Crippen molar-refractivity contribution >= 4 is 60.2 Å². The number of primary amides is 1. The van der Waals surface area contributed by atoms with Gasteiger partial charge in [0, 0.05) is 28.2 Å². The molecule has 0 aliphatic heterocycles. The fraction of sp³-hybridized carbons (Fsp3) is 0.516. The van der Waals surface area contributed by atoms with E-state index in [2.05, 4.69) is 34.7 Å². The lowest BCUT2D eigenvalue weighted by molar-refractivity contribution is -0.291. The molecule has 3 rings (SSSR count). The topological polar surface area (TPSA) is 117 Å². The third-order valence-electron chi connectivity index (χ3n) is 7.46. The molecule has 0 aromatic heterocycles. The molecule has 1 aliphatic carbocycles. The molecule has 2 amide bonds. The maximum Gasteiger partial charge on any atom is 0.212 e. The molecule has 1 aliphatic rings. The molecule has 44 heavy (non-hydrogen) atoms. The van der Waals surface area contributed by atoms with Crippen LogP contribution < -0.4 is 11.2 Å². The number of benzene rings is 2. The molecule has 0 saturated heterocycles. The number of hydroxylamine groups is 1. The molecule has 4 N–H and O–H groups in total. The lowest BCUT2D eigenvalue weighted by Gasteiger charge is -2.49. The zero-order chi connectivity index (χ0) is 33.3. The summed E-state index contributed by atoms with van der Waals surface area (Å²) < 4.78 is 15.3. The molecule has 0 heterocycles. The van der Waals surface area contributed by atoms with E-state index >= 15 is 4.39 Å². The molecule has 0 spiro atoms. The molecule has 0 bridgehead atoms. The van der Waals surface area contributed by atoms with Gasteiger partial charge in [-0.05, 0) is 79.8 Å². The first-order chi connectivity index (χ1) is 21.0. The predicted octanol–water partition coefficient (Wildman–Crippen LogP) is 7.73. The molecule has 5 unspecified atom stereocenters. The van der Waals surface area contributed by atoms with Crippen LogP contribution in [0.25, 0.3) is 0 Å². The summed E-state index contributed by atoms with van der Waals surface area (Å²) in [6, 6.07) is 13.1. The maximum absolute atomic E-state index is 15.3. The average Bonchev–Trinajstić information content (AvgIpc) is 3.00. The summed E-state index contributed by atoms with van der Waals surface area (Å²) in [4.78, 5) is 32.6. The Bertz CT molecular complexity index is 1170. The Morgan fingerprint density at radius 2 is 1.82 bits per heavy atom. The fourth-order valence-corrected chi connectivity index (χ4v) is 6.62. The van der Waals surface area contributed by atoms with E-state index in [1.54, 1.807) is 11.0 Å². The van der Waals surface area contributed by atoms with Crippen molar-refractivity contribution in [3.8, 4) is 0 Å². The van der Waals surface area contributed by atoms with E-state index in [4.69, 9.17) is 38.2 Å². The highest BCUT2D eigenvalue weighted by atomic mass is 35.5. The van der Waals surface area contributed by atoms with Crippen LogP contribution in [0.2, 0.25) is 10.0 Å². The number of hydrogen-bond donors (Lipinski definition) is 3. The van der Waals surface area contributed by atoms with Crippen LogP contribution in [0.5, 0.6) is 0 Å². The number of halogens is 3. The van der Waals surface area contributed by atoms with E-state index in [1.807, 2.05) is 64.1 Å². The summed E-state index contributed by atoms with van der Waals surface area (Å²) in [5.74, 6) is -0.324. The van der Waals surface area contributed by atoms with E-state index in [1.165, 1.54) is 0 Å². The number of aliphatic imine (C=N–C) groups is 1. The molecule has 0 radical (unpaired) electrons. The Balaban J connectivity index is 0.00000182. The first kappa shape index (κ1) is 40.3. The zero-order valence-electron chi connectivity index (χ0n) is 25.9. The lowest BCUT2D eigenvalue weighted by atomic mass is 9.79. The first-order valence-electron chi connectivity index (χ1n) is 14.8. The van der Waals surface area contributed by atoms with Crippen molar-refractivity contribution in [2.75, 3.05) is 6.54 Å². The first-order valence-corrected chi connectivity index (χ1v) is 16.7. The second-order valence-electron chi connectivity index (χ2n) is 10.2. The third kappa shape index (κ3) is 11.9. The highest BCUT2D eigenvalue weighted by molar-refractivity contribution is 7.39. The zero-order valence-corrected chi connectivity index (χ0v) is 29.8. The van der Waals surface area contributed by atoms with Crippen molar-refractivity contribution < 1.29 is 24.2 Å². The standard InChI is InChI=1S/C28H38Cl2FN3O3P2.C2H6.CH3NO/c1-3-25(21-14-23(29)16-24(30)15-21)33-27(12-5-6-22(17-27)28(31,38)39)34(18-35)26(4-2)20-9-7-19(8-10-20)11-13-32-37-36;1-2;2-1-3/h7-10,14-16,18,22,26,32,36H,3-6,11-13,17,38-39H2,1-2H3;1-2H3;1H,(H2,2,3)/b33-25+;;. The van der Waals surface area contributed by atoms with Crippen LogP contribution in [0.3, 0.4) is 0 Å². The number of nitrogens with one attached hydrogen (secondary N) is 1. The van der Waals surface area contributed by atoms with E-state index in [9.17, 15) is 4.79 Å². The largest absolute Gasteiger partial charge is 0.372 e. The van der Waals surface area contributed by atoms with Gasteiger partial charge in [-0.25, -0.2) is 9.65 Å². The van der Waals surface area contributed by atoms with E-state index in [0.717, 1.165) is 35.2 Å². The van der Waals surface area contributed by atoms with Crippen molar-refractivity contribution in [2.45, 2.75) is 89.5 Å². The smallest absolute Gasteiger partial charge is 0.212 e. The van der Waals surface area contributed by atoms with Gasteiger partial charge in [-0.2, -0.15) is 5.48 Å². The summed E-state index contributed by atoms with van der Waals surface area (Å²) >= 11 is 12.6. The SMILES string of the molecule is CC.CC/C(=N\C1(N(C=O)C(CC)c2ccc(CCNOO)cc2)CCCC(C(F)(P)P)C1)c1cc(Cl)cc(Cl)c1.NC=O. The van der Waals surface area contributed by atoms with Crippen LogP contribution in [-0.4, -0.2) is 46.0 Å². The number of carbonyl (C=O) groups is 2. The third-order valence-corrected chi connectivity index (χ3v) is 8.84. The van der Waals surface area contributed by atoms with E-state index < -0.39 is 10.8 Å². The Kier molecular flexibility index (Phi) is 18.7. The van der Waals surface area contributed by atoms with E-state index in [-0.39, 0.29) is 18.4 Å². The minimum atomic E-state index is -1.57. The summed E-state index contributed by atoms with van der Waals surface area (Å²) in [7, 11) is 4.62. The van der Waals surface area contributed by atoms with Gasteiger partial charge in [0.25, 0.3) is 0 Å². The number of alkyl halides is 1. The van der Waals surface area contributed by atoms with Crippen LogP contribution in [0.1, 0.15) is 89.0 Å². The average molecular weight is 692 g/mol. The Morgan fingerprint density at radius 3 is 2.30 bits per heavy atom. The second-order valence-corrected chi connectivity index (χ2v) is 13.5. The fourth-order valence-electron chi connectivity index (χ4n) is 5.52. The van der Waals surface area contributed by atoms with Gasteiger partial charge in [-0.15, -0.1) is 4.99 Å². The number of hydrogen-bond acceptors (Lipinski definition) is 6. The number of amides is 2. The number of carbonyl (C=O) groups excluding carboxylic acids is 2. The highest BCUT2D eigenvalue weighted by Gasteiger charge is 2.47. The predicted molar refractivity (Wildman–Crippen MR) is 186 cm³/mol. The minimum Gasteiger partial charge on any atom is -0.372 e. The monoisotopic (exact) mass is 690 g/mol. The van der Waals surface area contributed by atoms with Gasteiger partial charge in [-0.1, -0.05) is 93.6 Å². The van der Waals surface area contributed by atoms with Gasteiger partial charge < -0.3 is 10.6 Å². The molecule has 13 heteroatoms. The second kappa shape index (κ2) is 20.4. The molecule has 2 aromatic rings. The lowest BCUT2D eigenvalue weighted by Crippen LogP contribution is -2.53. The molecule has 1 fully saturated rings. The molecule has 2 aromatic carbocycles. The van der Waals surface area contributed by atoms with Crippen LogP contribution in [0.15, 0.2) is 47.5 Å². The summed E-state index contributed by atoms with van der Waals surface area (Å²) in [6.07, 6.45) is 5.47. The van der Waals surface area contributed by atoms with Crippen molar-refractivity contribution in [1.82, 2.24) is 10.4 Å². The number of nitrogens with zero attached hydrogens (tertiary/aromatic N) is 2. The van der Waals surface area contributed by atoms with Crippen molar-refractivity contribution in [1.29, 1.82) is 0 Å². The highest BCUT2D eigenvalue weighted by Crippen LogP contribution is 2.50. The normalized spacial score (nSPS) is 19.0. The van der Waals surface area contributed by atoms with Gasteiger partial charge in [0.05, 0.1) is 6.04 Å². The van der Waals surface area contributed by atoms with Crippen LogP contribution in [-0.2, 0) is 21.0 Å². The van der Waals surface area contributed by atoms with Gasteiger partial charge in [0.15, 0.2) is 0 Å². The van der Waals surface area contributed by atoms with Gasteiger partial charge in [0.1, 0.15) is 10.8 Å². The quantitative estimate of drug-likeness (QED) is 0.0497. The molecule has 5 atom stereocenters. The van der Waals surface area contributed by atoms with E-state index in [0.29, 0.717) is 55.1 Å². The Hall–Kier alpha value is -1.70. The number of nitrogens with two attached hydrogens (primary N) is 1. The molecule has 246 valence electrons. The Morgan fingerprint density at radius 1 is 1.23 bits per heavy atom. The number of rotatable bonds is 13. The molecular weight excluding hydrogens is 644 g/mol. The van der Waals surface area contributed by atoms with Gasteiger partial charge in [0.2, 0.25) is 12.8 Å². The summed E-state index contributed by atoms with van der Waals surface area (Å²) in [5, 5.41) is 7.92. The molecule has 8 nitrogen and oxygen atoms in total.